The van der Waals surface area contributed by atoms with Crippen molar-refractivity contribution in [2.24, 2.45) is 0 Å². The predicted molar refractivity (Wildman–Crippen MR) is 104 cm³/mol. The van der Waals surface area contributed by atoms with E-state index in [4.69, 9.17) is 11.6 Å². The molecular formula is C18H19ClN2O3S2. The summed E-state index contributed by atoms with van der Waals surface area (Å²) in [5.74, 6) is 0.379. The molecule has 0 spiro atoms. The number of benzene rings is 2. The molecule has 0 bridgehead atoms. The first-order chi connectivity index (χ1) is 12.5. The van der Waals surface area contributed by atoms with E-state index in [1.165, 1.54) is 28.2 Å². The zero-order valence-electron chi connectivity index (χ0n) is 14.0. The van der Waals surface area contributed by atoms with Gasteiger partial charge in [0.15, 0.2) is 0 Å². The molecule has 1 amide bonds. The fraction of sp³-hybridized carbons (Fsp3) is 0.278. The normalized spacial score (nSPS) is 15.8. The second kappa shape index (κ2) is 8.43. The van der Waals surface area contributed by atoms with E-state index in [0.717, 1.165) is 4.90 Å². The van der Waals surface area contributed by atoms with Crippen LogP contribution >= 0.6 is 23.4 Å². The fourth-order valence-corrected chi connectivity index (χ4v) is 5.25. The third kappa shape index (κ3) is 4.59. The highest BCUT2D eigenvalue weighted by Crippen LogP contribution is 2.22. The number of piperazine rings is 1. The molecule has 5 nitrogen and oxygen atoms in total. The van der Waals surface area contributed by atoms with Crippen molar-refractivity contribution in [3.8, 4) is 0 Å². The zero-order chi connectivity index (χ0) is 18.6. The summed E-state index contributed by atoms with van der Waals surface area (Å²) in [6, 6.07) is 16.0. The summed E-state index contributed by atoms with van der Waals surface area (Å²) >= 11 is 7.39. The van der Waals surface area contributed by atoms with E-state index in [9.17, 15) is 13.2 Å². The van der Waals surface area contributed by atoms with E-state index in [2.05, 4.69) is 0 Å². The third-order valence-electron chi connectivity index (χ3n) is 4.13. The van der Waals surface area contributed by atoms with Gasteiger partial charge in [0.2, 0.25) is 15.9 Å². The van der Waals surface area contributed by atoms with Crippen LogP contribution in [0.15, 0.2) is 64.4 Å². The molecule has 1 heterocycles. The van der Waals surface area contributed by atoms with Gasteiger partial charge in [-0.3, -0.25) is 4.79 Å². The fourth-order valence-electron chi connectivity index (χ4n) is 2.71. The second-order valence-corrected chi connectivity index (χ2v) is 9.27. The Balaban J connectivity index is 1.56. The summed E-state index contributed by atoms with van der Waals surface area (Å²) in [7, 11) is -3.58. The summed E-state index contributed by atoms with van der Waals surface area (Å²) in [6.45, 7) is 1.37. The van der Waals surface area contributed by atoms with Crippen molar-refractivity contribution in [1.82, 2.24) is 9.21 Å². The van der Waals surface area contributed by atoms with Gasteiger partial charge in [-0.25, -0.2) is 8.42 Å². The van der Waals surface area contributed by atoms with Crippen LogP contribution in [0.3, 0.4) is 0 Å². The highest BCUT2D eigenvalue weighted by atomic mass is 35.5. The Labute approximate surface area is 163 Å². The van der Waals surface area contributed by atoms with Crippen LogP contribution < -0.4 is 0 Å². The van der Waals surface area contributed by atoms with E-state index in [-0.39, 0.29) is 23.9 Å². The smallest absolute Gasteiger partial charge is 0.243 e. The van der Waals surface area contributed by atoms with E-state index >= 15 is 0 Å². The number of nitrogens with zero attached hydrogens (tertiary/aromatic N) is 2. The molecule has 26 heavy (non-hydrogen) atoms. The van der Waals surface area contributed by atoms with E-state index < -0.39 is 10.0 Å². The van der Waals surface area contributed by atoms with E-state index in [1.807, 2.05) is 30.3 Å². The Kier molecular flexibility index (Phi) is 6.24. The van der Waals surface area contributed by atoms with Gasteiger partial charge in [-0.05, 0) is 30.3 Å². The van der Waals surface area contributed by atoms with Crippen LogP contribution in [-0.4, -0.2) is 55.5 Å². The standard InChI is InChI=1S/C18H19ClN2O3S2/c19-15-5-4-8-17(13-15)26(23,24)21-11-9-20(10-12-21)18(22)14-25-16-6-2-1-3-7-16/h1-8,13H,9-12,14H2. The SMILES string of the molecule is O=C(CSc1ccccc1)N1CCN(S(=O)(=O)c2cccc(Cl)c2)CC1. The molecule has 138 valence electrons. The van der Waals surface area contributed by atoms with Crippen molar-refractivity contribution in [2.75, 3.05) is 31.9 Å². The minimum Gasteiger partial charge on any atom is -0.339 e. The van der Waals surface area contributed by atoms with Crippen molar-refractivity contribution in [1.29, 1.82) is 0 Å². The Bertz CT molecular complexity index is 867. The topological polar surface area (TPSA) is 57.7 Å². The van der Waals surface area contributed by atoms with Gasteiger partial charge in [0, 0.05) is 36.1 Å². The van der Waals surface area contributed by atoms with Crippen LogP contribution in [0.25, 0.3) is 0 Å². The summed E-state index contributed by atoms with van der Waals surface area (Å²) < 4.78 is 26.8. The van der Waals surface area contributed by atoms with Gasteiger partial charge < -0.3 is 4.90 Å². The molecule has 3 rings (SSSR count). The number of halogens is 1. The van der Waals surface area contributed by atoms with Gasteiger partial charge in [-0.1, -0.05) is 35.9 Å². The van der Waals surface area contributed by atoms with Crippen LogP contribution in [0, 0.1) is 0 Å². The van der Waals surface area contributed by atoms with Gasteiger partial charge in [0.05, 0.1) is 10.6 Å². The summed E-state index contributed by atoms with van der Waals surface area (Å²) in [4.78, 5) is 15.3. The lowest BCUT2D eigenvalue weighted by Gasteiger charge is -2.34. The van der Waals surface area contributed by atoms with Gasteiger partial charge in [-0.15, -0.1) is 11.8 Å². The molecule has 2 aromatic carbocycles. The van der Waals surface area contributed by atoms with Gasteiger partial charge in [-0.2, -0.15) is 4.31 Å². The van der Waals surface area contributed by atoms with Crippen molar-refractivity contribution in [3.05, 3.63) is 59.6 Å². The molecule has 1 aliphatic rings. The number of carbonyl (C=O) groups is 1. The van der Waals surface area contributed by atoms with Crippen molar-refractivity contribution in [3.63, 3.8) is 0 Å². The highest BCUT2D eigenvalue weighted by molar-refractivity contribution is 8.00. The molecule has 0 atom stereocenters. The minimum absolute atomic E-state index is 0.0265. The molecule has 0 N–H and O–H groups in total. The average Bonchev–Trinajstić information content (AvgIpc) is 2.67. The Hall–Kier alpha value is -1.54. The van der Waals surface area contributed by atoms with Gasteiger partial charge >= 0.3 is 0 Å². The largest absolute Gasteiger partial charge is 0.339 e. The monoisotopic (exact) mass is 410 g/mol. The van der Waals surface area contributed by atoms with E-state index in [0.29, 0.717) is 23.9 Å². The molecule has 2 aromatic rings. The number of hydrogen-bond acceptors (Lipinski definition) is 4. The minimum atomic E-state index is -3.58. The van der Waals surface area contributed by atoms with Crippen LogP contribution in [-0.2, 0) is 14.8 Å². The summed E-state index contributed by atoms with van der Waals surface area (Å²) in [5, 5.41) is 0.387. The Morgan fingerprint density at radius 3 is 2.35 bits per heavy atom. The lowest BCUT2D eigenvalue weighted by atomic mass is 10.3. The first-order valence-corrected chi connectivity index (χ1v) is 11.0. The van der Waals surface area contributed by atoms with Crippen LogP contribution in [0.5, 0.6) is 0 Å². The molecule has 0 aromatic heterocycles. The Morgan fingerprint density at radius 1 is 1.00 bits per heavy atom. The first-order valence-electron chi connectivity index (χ1n) is 8.18. The number of rotatable bonds is 5. The van der Waals surface area contributed by atoms with Crippen molar-refractivity contribution < 1.29 is 13.2 Å². The second-order valence-electron chi connectivity index (χ2n) is 5.84. The summed E-state index contributed by atoms with van der Waals surface area (Å²) in [5.41, 5.74) is 0. The van der Waals surface area contributed by atoms with Gasteiger partial charge in [0.1, 0.15) is 0 Å². The molecule has 0 saturated carbocycles. The van der Waals surface area contributed by atoms with Crippen molar-refractivity contribution >= 4 is 39.3 Å². The molecule has 1 saturated heterocycles. The highest BCUT2D eigenvalue weighted by Gasteiger charge is 2.30. The van der Waals surface area contributed by atoms with Gasteiger partial charge in [0.25, 0.3) is 0 Å². The predicted octanol–water partition coefficient (Wildman–Crippen LogP) is 2.97. The maximum atomic E-state index is 12.7. The molecule has 0 radical (unpaired) electrons. The maximum Gasteiger partial charge on any atom is 0.243 e. The Morgan fingerprint density at radius 2 is 1.69 bits per heavy atom. The molecule has 1 fully saturated rings. The number of carbonyl (C=O) groups excluding carboxylic acids is 1. The molecule has 0 aliphatic carbocycles. The van der Waals surface area contributed by atoms with Crippen LogP contribution in [0.1, 0.15) is 0 Å². The lowest BCUT2D eigenvalue weighted by Crippen LogP contribution is -2.50. The van der Waals surface area contributed by atoms with E-state index in [1.54, 1.807) is 17.0 Å². The van der Waals surface area contributed by atoms with Crippen molar-refractivity contribution in [2.45, 2.75) is 9.79 Å². The molecular weight excluding hydrogens is 392 g/mol. The molecule has 1 aliphatic heterocycles. The maximum absolute atomic E-state index is 12.7. The number of sulfonamides is 1. The zero-order valence-corrected chi connectivity index (χ0v) is 16.4. The summed E-state index contributed by atoms with van der Waals surface area (Å²) in [6.07, 6.45) is 0. The quantitative estimate of drug-likeness (QED) is 0.711. The van der Waals surface area contributed by atoms with Crippen LogP contribution in [0.2, 0.25) is 5.02 Å². The number of hydrogen-bond donors (Lipinski definition) is 0. The first kappa shape index (κ1) is 19.2. The number of thioether (sulfide) groups is 1. The average molecular weight is 411 g/mol. The van der Waals surface area contributed by atoms with Crippen LogP contribution in [0.4, 0.5) is 0 Å². The molecule has 0 unspecified atom stereocenters. The third-order valence-corrected chi connectivity index (χ3v) is 7.26. The molecule has 8 heteroatoms. The lowest BCUT2D eigenvalue weighted by molar-refractivity contribution is -0.129. The number of amides is 1.